The number of aliphatic hydroxyl groups excluding tert-OH is 1. The lowest BCUT2D eigenvalue weighted by atomic mass is 9.44. The minimum Gasteiger partial charge on any atom is -0.443 e. The molecule has 25 heteroatoms. The number of hydrogen-bond donors (Lipinski definition) is 9. The zero-order chi connectivity index (χ0) is 59.9. The summed E-state index contributed by atoms with van der Waals surface area (Å²) in [7, 11) is 0. The summed E-state index contributed by atoms with van der Waals surface area (Å²) in [5.74, 6) is -4.67. The number of imide groups is 1. The van der Waals surface area contributed by atoms with Crippen molar-refractivity contribution in [1.29, 1.82) is 0 Å². The Kier molecular flexibility index (Phi) is 22.1. The van der Waals surface area contributed by atoms with Crippen LogP contribution in [0.2, 0.25) is 0 Å². The number of carbonyl (C=O) groups is 11. The number of alkyl carbamates (subject to hydrolysis) is 1. The van der Waals surface area contributed by atoms with E-state index in [1.165, 1.54) is 24.3 Å². The number of carbonyl (C=O) groups excluding carboxylic acids is 11. The number of primary amides is 1. The van der Waals surface area contributed by atoms with Gasteiger partial charge in [-0.15, -0.1) is 0 Å². The molecule has 82 heavy (non-hydrogen) atoms. The molecule has 1 aromatic rings. The van der Waals surface area contributed by atoms with Gasteiger partial charge in [-0.1, -0.05) is 78.2 Å². The summed E-state index contributed by atoms with van der Waals surface area (Å²) in [5.41, 5.74) is 8.06. The fraction of sp³-hybridized carbons (Fsp3) is 0.596. The van der Waals surface area contributed by atoms with Gasteiger partial charge in [0.2, 0.25) is 23.5 Å². The summed E-state index contributed by atoms with van der Waals surface area (Å²) in [6, 6.07) is 3.27. The van der Waals surface area contributed by atoms with Crippen molar-refractivity contribution < 1.29 is 76.8 Å². The number of Topliss-reactive ketones (excluding diaryl/α,β-unsaturated/α-hetero) is 1. The maximum absolute atomic E-state index is 14.4. The van der Waals surface area contributed by atoms with Gasteiger partial charge in [0, 0.05) is 54.1 Å². The van der Waals surface area contributed by atoms with Crippen LogP contribution in [0.5, 0.6) is 0 Å². The van der Waals surface area contributed by atoms with Gasteiger partial charge >= 0.3 is 18.2 Å². The number of ether oxygens (including phenoxy) is 4. The summed E-state index contributed by atoms with van der Waals surface area (Å²) >= 11 is 0. The number of urea groups is 1. The van der Waals surface area contributed by atoms with Crippen molar-refractivity contribution in [3.05, 3.63) is 65.8 Å². The van der Waals surface area contributed by atoms with Crippen LogP contribution in [0.3, 0.4) is 0 Å². The number of nitrogens with zero attached hydrogens (tertiary/aromatic N) is 1. The van der Waals surface area contributed by atoms with Crippen molar-refractivity contribution in [1.82, 2.24) is 37.0 Å². The van der Waals surface area contributed by atoms with Crippen molar-refractivity contribution in [2.75, 3.05) is 38.2 Å². The maximum Gasteiger partial charge on any atom is 0.426 e. The molecule has 2 saturated carbocycles. The first-order valence-corrected chi connectivity index (χ1v) is 28.0. The monoisotopic (exact) mass is 1150 g/mol. The second-order valence-electron chi connectivity index (χ2n) is 22.4. The fourth-order valence-corrected chi connectivity index (χ4v) is 11.9. The van der Waals surface area contributed by atoms with E-state index in [0.29, 0.717) is 56.2 Å². The minimum absolute atomic E-state index is 0.0460. The highest BCUT2D eigenvalue weighted by Gasteiger charge is 2.67. The number of rotatable bonds is 26. The summed E-state index contributed by atoms with van der Waals surface area (Å²) in [6.07, 6.45) is 8.49. The molecule has 0 aromatic heterocycles. The van der Waals surface area contributed by atoms with Crippen LogP contribution in [0.4, 0.5) is 20.1 Å². The average molecular weight is 1150 g/mol. The number of amides is 10. The van der Waals surface area contributed by atoms with Gasteiger partial charge in [-0.25, -0.2) is 19.8 Å². The van der Waals surface area contributed by atoms with Crippen LogP contribution in [0, 0.1) is 34.5 Å². The first-order valence-electron chi connectivity index (χ1n) is 28.0. The normalized spacial score (nSPS) is 26.1. The van der Waals surface area contributed by atoms with Gasteiger partial charge < -0.3 is 56.4 Å². The van der Waals surface area contributed by atoms with E-state index in [2.05, 4.69) is 44.4 Å². The number of unbranched alkanes of at least 4 members (excludes halogenated alkanes) is 2. The minimum atomic E-state index is -1.58. The fourth-order valence-electron chi connectivity index (χ4n) is 11.9. The molecule has 10 amide bonds. The number of hydrazine groups is 1. The molecule has 10 atom stereocenters. The Labute approximate surface area is 476 Å². The molecule has 10 N–H and O–H groups in total. The van der Waals surface area contributed by atoms with Gasteiger partial charge in [-0.2, -0.15) is 0 Å². The Balaban J connectivity index is 0.930. The second-order valence-corrected chi connectivity index (χ2v) is 22.4. The Bertz CT molecular complexity index is 2660. The lowest BCUT2D eigenvalue weighted by Gasteiger charge is -2.61. The Morgan fingerprint density at radius 3 is 2.27 bits per heavy atom. The number of benzene rings is 1. The molecule has 2 heterocycles. The van der Waals surface area contributed by atoms with E-state index in [4.69, 9.17) is 24.7 Å². The van der Waals surface area contributed by atoms with Crippen molar-refractivity contribution >= 4 is 70.9 Å². The summed E-state index contributed by atoms with van der Waals surface area (Å²) < 4.78 is 23.1. The highest BCUT2D eigenvalue weighted by Crippen LogP contribution is 2.64. The van der Waals surface area contributed by atoms with E-state index in [9.17, 15) is 57.8 Å². The smallest absolute Gasteiger partial charge is 0.426 e. The standard InChI is InChI=1S/C57H79N9O16/c1-7-12-47-81-32-57(82-47,56(6)28-41(68)48-39(34(56)4)20-17-36-27-38(67)23-24-55(36,48)5)42(69)31-80-53(77)60-29-44(71)64-65-54(78)79-30-35-15-18-37(19-16-35)61-50(74)40(13-11-25-59-52(58)76)62-51(75)49(33(2)3)63-43(70)14-9-8-10-26-66-45(72)21-22-46(66)73/h15-16,18-19,21-24,27,33-34,39-41,47-49,68H,7-14,17,20,25-26,28-32H2,1-6H3,(H,60,77)(H,61,74)(H,62,75)(H,63,70)(H,64,71)(H,65,78)(H3,58,59,76)/t34-,39-,40-,41-,47?,48+,49?,55-,56-,57-/m0/s1. The maximum atomic E-state index is 14.4. The molecule has 0 spiro atoms. The first-order chi connectivity index (χ1) is 38.9. The molecule has 1 aromatic carbocycles. The second kappa shape index (κ2) is 28.5. The lowest BCUT2D eigenvalue weighted by molar-refractivity contribution is -0.208. The highest BCUT2D eigenvalue weighted by molar-refractivity contribution is 6.12. The van der Waals surface area contributed by atoms with Gasteiger partial charge in [-0.3, -0.25) is 48.7 Å². The van der Waals surface area contributed by atoms with Crippen LogP contribution in [-0.4, -0.2) is 138 Å². The van der Waals surface area contributed by atoms with Crippen molar-refractivity contribution in [3.8, 4) is 0 Å². The first kappa shape index (κ1) is 63.7. The third-order valence-electron chi connectivity index (χ3n) is 16.6. The van der Waals surface area contributed by atoms with Crippen molar-refractivity contribution in [2.45, 2.75) is 149 Å². The number of ketones is 2. The average Bonchev–Trinajstić information content (AvgIpc) is 2.59. The van der Waals surface area contributed by atoms with Crippen molar-refractivity contribution in [3.63, 3.8) is 0 Å². The van der Waals surface area contributed by atoms with Gasteiger partial charge in [0.05, 0.1) is 12.7 Å². The van der Waals surface area contributed by atoms with Crippen LogP contribution in [0.1, 0.15) is 118 Å². The molecule has 3 aliphatic carbocycles. The lowest BCUT2D eigenvalue weighted by Crippen LogP contribution is -2.66. The number of anilines is 1. The largest absolute Gasteiger partial charge is 0.443 e. The van der Waals surface area contributed by atoms with Gasteiger partial charge in [0.15, 0.2) is 24.3 Å². The number of nitrogens with two attached hydrogens (primary N) is 1. The summed E-state index contributed by atoms with van der Waals surface area (Å²) in [4.78, 5) is 141. The molecule has 6 rings (SSSR count). The third kappa shape index (κ3) is 15.7. The molecule has 0 radical (unpaired) electrons. The van der Waals surface area contributed by atoms with Gasteiger partial charge in [0.1, 0.15) is 25.2 Å². The molecule has 3 fully saturated rings. The van der Waals surface area contributed by atoms with Crippen LogP contribution in [-0.2, 0) is 63.9 Å². The van der Waals surface area contributed by atoms with Crippen LogP contribution < -0.4 is 43.2 Å². The van der Waals surface area contributed by atoms with E-state index < -0.39 is 102 Å². The summed E-state index contributed by atoms with van der Waals surface area (Å²) in [5, 5.41) is 24.8. The molecule has 2 aliphatic heterocycles. The number of fused-ring (bicyclic) bond motifs is 3. The molecule has 448 valence electrons. The summed E-state index contributed by atoms with van der Waals surface area (Å²) in [6.45, 7) is 10.0. The predicted molar refractivity (Wildman–Crippen MR) is 294 cm³/mol. The van der Waals surface area contributed by atoms with Crippen LogP contribution in [0.25, 0.3) is 0 Å². The predicted octanol–water partition coefficient (Wildman–Crippen LogP) is 3.15. The number of hydrogen-bond acceptors (Lipinski definition) is 16. The van der Waals surface area contributed by atoms with Gasteiger partial charge in [0.25, 0.3) is 17.7 Å². The number of aliphatic hydroxyl groups is 1. The topological polar surface area (TPSA) is 358 Å². The molecule has 5 aliphatic rings. The Morgan fingerprint density at radius 2 is 1.59 bits per heavy atom. The number of allylic oxidation sites excluding steroid dienone is 4. The molecular formula is C57H79N9O16. The molecule has 0 bridgehead atoms. The zero-order valence-corrected chi connectivity index (χ0v) is 47.4. The van der Waals surface area contributed by atoms with E-state index in [-0.39, 0.29) is 93.3 Å². The van der Waals surface area contributed by atoms with Crippen molar-refractivity contribution in [2.24, 2.45) is 40.2 Å². The molecule has 1 saturated heterocycles. The zero-order valence-electron chi connectivity index (χ0n) is 47.4. The van der Waals surface area contributed by atoms with Gasteiger partial charge in [-0.05, 0) is 99.0 Å². The Morgan fingerprint density at radius 1 is 0.866 bits per heavy atom. The van der Waals surface area contributed by atoms with E-state index in [1.807, 2.05) is 26.8 Å². The van der Waals surface area contributed by atoms with Crippen LogP contribution in [0.15, 0.2) is 60.2 Å². The van der Waals surface area contributed by atoms with E-state index in [1.54, 1.807) is 38.1 Å². The molecule has 2 unspecified atom stereocenters. The van der Waals surface area contributed by atoms with E-state index in [0.717, 1.165) is 10.5 Å². The SMILES string of the molecule is CCCC1OC[C@](C(=O)COC(=O)NCC(=O)NNC(=O)OCc2ccc(NC(=O)[C@H](CCCNC(N)=O)NC(=O)C(NC(=O)CCCCCN3C(=O)C=CC3=O)C(C)C)cc2)([C@@]2(C)C[C@H](O)[C@H]3[C@@H](CCC4=CC(=O)C=C[C@@]43C)[C@@H]2C)O1. The molecular weight excluding hydrogens is 1070 g/mol. The molecule has 25 nitrogen and oxygen atoms in total. The highest BCUT2D eigenvalue weighted by atomic mass is 16.7. The number of nitrogens with one attached hydrogen (secondary N) is 7. The Hall–Kier alpha value is -7.51. The quantitative estimate of drug-likeness (QED) is 0.0365. The van der Waals surface area contributed by atoms with E-state index >= 15 is 0 Å². The van der Waals surface area contributed by atoms with Crippen LogP contribution >= 0.6 is 0 Å². The third-order valence-corrected chi connectivity index (χ3v) is 16.6.